The first kappa shape index (κ1) is 10.2. The molecule has 2 N–H and O–H groups in total. The van der Waals surface area contributed by atoms with Gasteiger partial charge in [-0.2, -0.15) is 5.10 Å². The first-order valence-electron chi connectivity index (χ1n) is 5.41. The molecule has 0 saturated heterocycles. The zero-order valence-corrected chi connectivity index (χ0v) is 9.33. The van der Waals surface area contributed by atoms with Crippen molar-refractivity contribution in [1.29, 1.82) is 0 Å². The van der Waals surface area contributed by atoms with Crippen molar-refractivity contribution < 1.29 is 0 Å². The average molecular weight is 203 g/mol. The fraction of sp³-hybridized carbons (Fsp3) is 0.417. The van der Waals surface area contributed by atoms with Gasteiger partial charge in [0.1, 0.15) is 0 Å². The molecule has 0 radical (unpaired) electrons. The second-order valence-electron chi connectivity index (χ2n) is 3.77. The first-order chi connectivity index (χ1) is 7.27. The summed E-state index contributed by atoms with van der Waals surface area (Å²) in [5.41, 5.74) is 9.33. The molecule has 0 spiro atoms. The Morgan fingerprint density at radius 2 is 2.20 bits per heavy atom. The van der Waals surface area contributed by atoms with Gasteiger partial charge in [0.15, 0.2) is 0 Å². The van der Waals surface area contributed by atoms with Crippen molar-refractivity contribution >= 4 is 10.9 Å². The van der Waals surface area contributed by atoms with Gasteiger partial charge in [0.05, 0.1) is 5.52 Å². The van der Waals surface area contributed by atoms with Crippen molar-refractivity contribution in [2.24, 2.45) is 12.8 Å². The Morgan fingerprint density at radius 1 is 1.40 bits per heavy atom. The molecule has 1 aromatic carbocycles. The maximum Gasteiger partial charge on any atom is 0.0928 e. The van der Waals surface area contributed by atoms with E-state index in [4.69, 9.17) is 5.73 Å². The minimum absolute atomic E-state index is 0.692. The quantitative estimate of drug-likeness (QED) is 0.824. The van der Waals surface area contributed by atoms with E-state index < -0.39 is 0 Å². The number of nitrogens with two attached hydrogens (primary N) is 1. The number of aromatic nitrogens is 2. The van der Waals surface area contributed by atoms with E-state index in [1.54, 1.807) is 0 Å². The summed E-state index contributed by atoms with van der Waals surface area (Å²) >= 11 is 0. The molecule has 0 atom stereocenters. The van der Waals surface area contributed by atoms with E-state index in [-0.39, 0.29) is 0 Å². The highest BCUT2D eigenvalue weighted by Crippen LogP contribution is 2.22. The van der Waals surface area contributed by atoms with Crippen LogP contribution in [0.4, 0.5) is 0 Å². The Balaban J connectivity index is 2.70. The normalized spacial score (nSPS) is 11.1. The Kier molecular flexibility index (Phi) is 2.73. The zero-order valence-electron chi connectivity index (χ0n) is 9.33. The largest absolute Gasteiger partial charge is 0.330 e. The number of nitrogens with zero attached hydrogens (tertiary/aromatic N) is 2. The standard InChI is InChI=1S/C12H17N3/c1-3-11-12-9(7-8-13)5-4-6-10(12)14-15(11)2/h4-6H,3,7-8,13H2,1-2H3. The number of aryl methyl sites for hydroxylation is 2. The molecule has 0 fully saturated rings. The van der Waals surface area contributed by atoms with Gasteiger partial charge in [0, 0.05) is 18.1 Å². The van der Waals surface area contributed by atoms with E-state index in [0.717, 1.165) is 18.4 Å². The second kappa shape index (κ2) is 4.03. The summed E-state index contributed by atoms with van der Waals surface area (Å²) < 4.78 is 1.98. The van der Waals surface area contributed by atoms with E-state index in [2.05, 4.69) is 30.2 Å². The topological polar surface area (TPSA) is 43.8 Å². The lowest BCUT2D eigenvalue weighted by Crippen LogP contribution is -2.03. The molecule has 0 unspecified atom stereocenters. The Labute approximate surface area is 89.9 Å². The van der Waals surface area contributed by atoms with Gasteiger partial charge >= 0.3 is 0 Å². The van der Waals surface area contributed by atoms with Crippen LogP contribution in [0.5, 0.6) is 0 Å². The lowest BCUT2D eigenvalue weighted by atomic mass is 10.0. The van der Waals surface area contributed by atoms with Crippen LogP contribution in [0.1, 0.15) is 18.2 Å². The van der Waals surface area contributed by atoms with Crippen molar-refractivity contribution in [2.45, 2.75) is 19.8 Å². The second-order valence-corrected chi connectivity index (χ2v) is 3.77. The summed E-state index contributed by atoms with van der Waals surface area (Å²) in [5, 5.41) is 5.80. The first-order valence-corrected chi connectivity index (χ1v) is 5.41. The molecule has 0 aliphatic heterocycles. The molecule has 0 amide bonds. The molecule has 0 aliphatic carbocycles. The minimum atomic E-state index is 0.692. The Bertz CT molecular complexity index is 471. The fourth-order valence-electron chi connectivity index (χ4n) is 2.16. The highest BCUT2D eigenvalue weighted by molar-refractivity contribution is 5.85. The van der Waals surface area contributed by atoms with Gasteiger partial charge in [-0.1, -0.05) is 19.1 Å². The molecule has 15 heavy (non-hydrogen) atoms. The van der Waals surface area contributed by atoms with Gasteiger partial charge in [-0.15, -0.1) is 0 Å². The molecule has 1 heterocycles. The summed E-state index contributed by atoms with van der Waals surface area (Å²) in [6.07, 6.45) is 1.94. The summed E-state index contributed by atoms with van der Waals surface area (Å²) in [4.78, 5) is 0. The van der Waals surface area contributed by atoms with Crippen molar-refractivity contribution in [2.75, 3.05) is 6.54 Å². The van der Waals surface area contributed by atoms with Crippen molar-refractivity contribution in [3.63, 3.8) is 0 Å². The third kappa shape index (κ3) is 1.63. The maximum atomic E-state index is 5.62. The van der Waals surface area contributed by atoms with Crippen molar-refractivity contribution in [3.05, 3.63) is 29.5 Å². The van der Waals surface area contributed by atoms with E-state index in [9.17, 15) is 0 Å². The van der Waals surface area contributed by atoms with Gasteiger partial charge in [-0.3, -0.25) is 4.68 Å². The average Bonchev–Trinajstić information content (AvgIpc) is 2.55. The summed E-state index contributed by atoms with van der Waals surface area (Å²) in [6.45, 7) is 2.85. The van der Waals surface area contributed by atoms with E-state index in [1.807, 2.05) is 11.7 Å². The molecule has 2 rings (SSSR count). The van der Waals surface area contributed by atoms with Crippen LogP contribution in [0, 0.1) is 0 Å². The van der Waals surface area contributed by atoms with Crippen LogP contribution in [0.2, 0.25) is 0 Å². The van der Waals surface area contributed by atoms with Crippen molar-refractivity contribution in [3.8, 4) is 0 Å². The van der Waals surface area contributed by atoms with E-state index in [0.29, 0.717) is 6.54 Å². The lowest BCUT2D eigenvalue weighted by molar-refractivity contribution is 0.728. The van der Waals surface area contributed by atoms with Crippen LogP contribution in [-0.2, 0) is 19.9 Å². The van der Waals surface area contributed by atoms with Gasteiger partial charge in [-0.25, -0.2) is 0 Å². The van der Waals surface area contributed by atoms with Crippen LogP contribution in [0.3, 0.4) is 0 Å². The maximum absolute atomic E-state index is 5.62. The molecule has 3 heteroatoms. The lowest BCUT2D eigenvalue weighted by Gasteiger charge is -2.03. The highest BCUT2D eigenvalue weighted by atomic mass is 15.3. The SMILES string of the molecule is CCc1c2c(CCN)cccc2nn1C. The van der Waals surface area contributed by atoms with Crippen LogP contribution in [0.25, 0.3) is 10.9 Å². The van der Waals surface area contributed by atoms with Crippen LogP contribution >= 0.6 is 0 Å². The summed E-state index contributed by atoms with van der Waals surface area (Å²) in [6, 6.07) is 6.27. The zero-order chi connectivity index (χ0) is 10.8. The number of fused-ring (bicyclic) bond motifs is 1. The highest BCUT2D eigenvalue weighted by Gasteiger charge is 2.10. The number of benzene rings is 1. The van der Waals surface area contributed by atoms with Gasteiger partial charge < -0.3 is 5.73 Å². The third-order valence-electron chi connectivity index (χ3n) is 2.81. The van der Waals surface area contributed by atoms with Gasteiger partial charge in [-0.05, 0) is 31.0 Å². The molecule has 2 aromatic rings. The summed E-state index contributed by atoms with van der Waals surface area (Å²) in [5.74, 6) is 0. The monoisotopic (exact) mass is 203 g/mol. The molecule has 0 saturated carbocycles. The van der Waals surface area contributed by atoms with Crippen LogP contribution in [0.15, 0.2) is 18.2 Å². The van der Waals surface area contributed by atoms with Crippen LogP contribution in [-0.4, -0.2) is 16.3 Å². The number of hydrogen-bond acceptors (Lipinski definition) is 2. The minimum Gasteiger partial charge on any atom is -0.330 e. The molecular formula is C12H17N3. The molecule has 3 nitrogen and oxygen atoms in total. The molecule has 80 valence electrons. The number of rotatable bonds is 3. The smallest absolute Gasteiger partial charge is 0.0928 e. The Hall–Kier alpha value is -1.35. The predicted molar refractivity (Wildman–Crippen MR) is 62.9 cm³/mol. The third-order valence-corrected chi connectivity index (χ3v) is 2.81. The molecule has 0 aliphatic rings. The Morgan fingerprint density at radius 3 is 2.87 bits per heavy atom. The molecule has 1 aromatic heterocycles. The summed E-state index contributed by atoms with van der Waals surface area (Å²) in [7, 11) is 2.01. The van der Waals surface area contributed by atoms with Gasteiger partial charge in [0.25, 0.3) is 0 Å². The van der Waals surface area contributed by atoms with Crippen LogP contribution < -0.4 is 5.73 Å². The predicted octanol–water partition coefficient (Wildman–Crippen LogP) is 1.64. The van der Waals surface area contributed by atoms with Crippen molar-refractivity contribution in [1.82, 2.24) is 9.78 Å². The molecule has 0 bridgehead atoms. The fourth-order valence-corrected chi connectivity index (χ4v) is 2.16. The molecular weight excluding hydrogens is 186 g/mol. The van der Waals surface area contributed by atoms with Gasteiger partial charge in [0.2, 0.25) is 0 Å². The van der Waals surface area contributed by atoms with E-state index >= 15 is 0 Å². The number of hydrogen-bond donors (Lipinski definition) is 1. The van der Waals surface area contributed by atoms with E-state index in [1.165, 1.54) is 16.6 Å².